The Bertz CT molecular complexity index is 1040. The molecule has 4 rings (SSSR count). The number of carbonyl (C=O) groups is 1. The molecule has 1 amide bonds. The van der Waals surface area contributed by atoms with Crippen molar-refractivity contribution in [3.63, 3.8) is 0 Å². The topological polar surface area (TPSA) is 57.7 Å². The number of amides is 1. The molecule has 0 bridgehead atoms. The van der Waals surface area contributed by atoms with Crippen LogP contribution in [0.5, 0.6) is 0 Å². The van der Waals surface area contributed by atoms with E-state index >= 15 is 0 Å². The second kappa shape index (κ2) is 9.03. The van der Waals surface area contributed by atoms with E-state index in [9.17, 15) is 13.2 Å². The van der Waals surface area contributed by atoms with Crippen LogP contribution >= 0.6 is 0 Å². The molecule has 0 spiro atoms. The van der Waals surface area contributed by atoms with E-state index in [0.717, 1.165) is 24.0 Å². The third-order valence-electron chi connectivity index (χ3n) is 5.96. The molecule has 2 atom stereocenters. The standard InChI is InChI=1S/C24H26N2O3S/c27-24(14-13-20-8-3-1-4-9-20)26-16-7-12-22-18-25(17-15-23(22)26)30(28,29)19-21-10-5-2-6-11-21/h1-6,8-11,22-23H,7,12,15-19H2/t22-,23-/m1/s1. The normalized spacial score (nSPS) is 21.9. The van der Waals surface area contributed by atoms with Gasteiger partial charge in [-0.1, -0.05) is 54.5 Å². The Morgan fingerprint density at radius 1 is 0.967 bits per heavy atom. The predicted octanol–water partition coefficient (Wildman–Crippen LogP) is 2.88. The van der Waals surface area contributed by atoms with Crippen molar-refractivity contribution in [2.75, 3.05) is 19.6 Å². The van der Waals surface area contributed by atoms with Crippen molar-refractivity contribution in [1.29, 1.82) is 0 Å². The molecule has 0 saturated carbocycles. The summed E-state index contributed by atoms with van der Waals surface area (Å²) in [6, 6.07) is 18.8. The Morgan fingerprint density at radius 3 is 2.40 bits per heavy atom. The molecule has 30 heavy (non-hydrogen) atoms. The number of benzene rings is 2. The molecule has 156 valence electrons. The Morgan fingerprint density at radius 2 is 1.67 bits per heavy atom. The SMILES string of the molecule is O=C(C#Cc1ccccc1)N1CCC[C@@H]2CN(S(=O)(=O)Cc3ccccc3)CC[C@H]21. The highest BCUT2D eigenvalue weighted by molar-refractivity contribution is 7.88. The van der Waals surface area contributed by atoms with Crippen molar-refractivity contribution in [3.05, 3.63) is 71.8 Å². The Balaban J connectivity index is 1.43. The summed E-state index contributed by atoms with van der Waals surface area (Å²) in [5.74, 6) is 5.76. The second-order valence-electron chi connectivity index (χ2n) is 7.97. The molecule has 0 aliphatic carbocycles. The fourth-order valence-corrected chi connectivity index (χ4v) is 6.07. The van der Waals surface area contributed by atoms with Gasteiger partial charge in [0.15, 0.2) is 0 Å². The fraction of sp³-hybridized carbons (Fsp3) is 0.375. The highest BCUT2D eigenvalue weighted by Gasteiger charge is 2.40. The number of hydrogen-bond acceptors (Lipinski definition) is 3. The van der Waals surface area contributed by atoms with Crippen molar-refractivity contribution < 1.29 is 13.2 Å². The Hall–Kier alpha value is -2.62. The number of piperidine rings is 2. The first kappa shape index (κ1) is 20.6. The first-order valence-electron chi connectivity index (χ1n) is 10.4. The van der Waals surface area contributed by atoms with Gasteiger partial charge in [0, 0.05) is 37.2 Å². The number of likely N-dealkylation sites (tertiary alicyclic amines) is 1. The van der Waals surface area contributed by atoms with Gasteiger partial charge in [-0.05, 0) is 42.9 Å². The smallest absolute Gasteiger partial charge is 0.299 e. The van der Waals surface area contributed by atoms with E-state index in [4.69, 9.17) is 0 Å². The van der Waals surface area contributed by atoms with Crippen LogP contribution in [0.2, 0.25) is 0 Å². The van der Waals surface area contributed by atoms with Crippen LogP contribution < -0.4 is 0 Å². The van der Waals surface area contributed by atoms with Gasteiger partial charge in [0.2, 0.25) is 10.0 Å². The van der Waals surface area contributed by atoms with Gasteiger partial charge in [0.05, 0.1) is 5.75 Å². The van der Waals surface area contributed by atoms with Crippen LogP contribution in [0.25, 0.3) is 0 Å². The van der Waals surface area contributed by atoms with Crippen molar-refractivity contribution in [1.82, 2.24) is 9.21 Å². The molecular formula is C24H26N2O3S. The van der Waals surface area contributed by atoms with Gasteiger partial charge in [0.25, 0.3) is 5.91 Å². The minimum absolute atomic E-state index is 0.0242. The van der Waals surface area contributed by atoms with Crippen LogP contribution in [0.3, 0.4) is 0 Å². The lowest BCUT2D eigenvalue weighted by molar-refractivity contribution is -0.131. The van der Waals surface area contributed by atoms with E-state index in [0.29, 0.717) is 26.1 Å². The van der Waals surface area contributed by atoms with Crippen LogP contribution in [0.4, 0.5) is 0 Å². The average molecular weight is 423 g/mol. The molecule has 2 aromatic rings. The zero-order valence-corrected chi connectivity index (χ0v) is 17.7. The monoisotopic (exact) mass is 422 g/mol. The summed E-state index contributed by atoms with van der Waals surface area (Å²) >= 11 is 0. The molecular weight excluding hydrogens is 396 g/mol. The summed E-state index contributed by atoms with van der Waals surface area (Å²) in [6.07, 6.45) is 2.49. The van der Waals surface area contributed by atoms with Gasteiger partial charge in [-0.2, -0.15) is 0 Å². The minimum Gasteiger partial charge on any atom is -0.329 e. The van der Waals surface area contributed by atoms with E-state index in [1.54, 1.807) is 4.31 Å². The molecule has 6 heteroatoms. The van der Waals surface area contributed by atoms with Gasteiger partial charge in [-0.15, -0.1) is 0 Å². The van der Waals surface area contributed by atoms with E-state index in [1.807, 2.05) is 65.6 Å². The highest BCUT2D eigenvalue weighted by atomic mass is 32.2. The number of carbonyl (C=O) groups excluding carboxylic acids is 1. The molecule has 2 aliphatic heterocycles. The fourth-order valence-electron chi connectivity index (χ4n) is 4.47. The molecule has 2 aliphatic rings. The molecule has 2 fully saturated rings. The number of nitrogens with zero attached hydrogens (tertiary/aromatic N) is 2. The molecule has 0 radical (unpaired) electrons. The zero-order valence-electron chi connectivity index (χ0n) is 16.9. The predicted molar refractivity (Wildman–Crippen MR) is 117 cm³/mol. The largest absolute Gasteiger partial charge is 0.329 e. The van der Waals surface area contributed by atoms with Crippen molar-refractivity contribution in [3.8, 4) is 11.8 Å². The van der Waals surface area contributed by atoms with Gasteiger partial charge in [0.1, 0.15) is 0 Å². The summed E-state index contributed by atoms with van der Waals surface area (Å²) in [5, 5.41) is 0. The van der Waals surface area contributed by atoms with Crippen LogP contribution in [0, 0.1) is 17.8 Å². The van der Waals surface area contributed by atoms with Crippen LogP contribution in [-0.2, 0) is 20.6 Å². The molecule has 5 nitrogen and oxygen atoms in total. The lowest BCUT2D eigenvalue weighted by Crippen LogP contribution is -2.56. The lowest BCUT2D eigenvalue weighted by Gasteiger charge is -2.46. The summed E-state index contributed by atoms with van der Waals surface area (Å²) in [7, 11) is -3.37. The summed E-state index contributed by atoms with van der Waals surface area (Å²) in [6.45, 7) is 1.63. The van der Waals surface area contributed by atoms with E-state index in [2.05, 4.69) is 11.8 Å². The Labute approximate surface area is 178 Å². The molecule has 0 unspecified atom stereocenters. The molecule has 2 heterocycles. The molecule has 0 aromatic heterocycles. The zero-order chi connectivity index (χ0) is 21.0. The van der Waals surface area contributed by atoms with Crippen LogP contribution in [0.1, 0.15) is 30.4 Å². The summed E-state index contributed by atoms with van der Waals surface area (Å²) in [4.78, 5) is 14.6. The van der Waals surface area contributed by atoms with Crippen molar-refractivity contribution in [2.24, 2.45) is 5.92 Å². The van der Waals surface area contributed by atoms with E-state index in [-0.39, 0.29) is 23.6 Å². The summed E-state index contributed by atoms with van der Waals surface area (Å²) in [5.41, 5.74) is 1.62. The molecule has 2 saturated heterocycles. The maximum atomic E-state index is 12.9. The maximum Gasteiger partial charge on any atom is 0.299 e. The third-order valence-corrected chi connectivity index (χ3v) is 7.78. The number of rotatable bonds is 3. The number of sulfonamides is 1. The van der Waals surface area contributed by atoms with Gasteiger partial charge < -0.3 is 4.90 Å². The van der Waals surface area contributed by atoms with Crippen molar-refractivity contribution in [2.45, 2.75) is 31.1 Å². The van der Waals surface area contributed by atoms with Crippen LogP contribution in [-0.4, -0.2) is 49.2 Å². The van der Waals surface area contributed by atoms with Crippen LogP contribution in [0.15, 0.2) is 60.7 Å². The number of hydrogen-bond donors (Lipinski definition) is 0. The average Bonchev–Trinajstić information content (AvgIpc) is 2.78. The summed E-state index contributed by atoms with van der Waals surface area (Å²) < 4.78 is 27.5. The quantitative estimate of drug-likeness (QED) is 0.715. The molecule has 2 aromatic carbocycles. The first-order chi connectivity index (χ1) is 14.5. The Kier molecular flexibility index (Phi) is 6.21. The third kappa shape index (κ3) is 4.75. The van der Waals surface area contributed by atoms with Gasteiger partial charge in [-0.3, -0.25) is 4.79 Å². The minimum atomic E-state index is -3.37. The second-order valence-corrected chi connectivity index (χ2v) is 9.94. The first-order valence-corrected chi connectivity index (χ1v) is 12.0. The van der Waals surface area contributed by atoms with E-state index in [1.165, 1.54) is 0 Å². The highest BCUT2D eigenvalue weighted by Crippen LogP contribution is 2.32. The van der Waals surface area contributed by atoms with Crippen molar-refractivity contribution >= 4 is 15.9 Å². The lowest BCUT2D eigenvalue weighted by atomic mass is 9.84. The van der Waals surface area contributed by atoms with Gasteiger partial charge in [-0.25, -0.2) is 12.7 Å². The van der Waals surface area contributed by atoms with E-state index < -0.39 is 10.0 Å². The maximum absolute atomic E-state index is 12.9. The molecule has 0 N–H and O–H groups in total. The number of fused-ring (bicyclic) bond motifs is 1. The van der Waals surface area contributed by atoms with Gasteiger partial charge >= 0.3 is 0 Å².